The van der Waals surface area contributed by atoms with Crippen LogP contribution in [0.25, 0.3) is 0 Å². The van der Waals surface area contributed by atoms with Gasteiger partial charge in [0.15, 0.2) is 0 Å². The largest absolute Gasteiger partial charge is 0.495 e. The molecule has 1 atom stereocenters. The zero-order chi connectivity index (χ0) is 15.4. The Kier molecular flexibility index (Phi) is 5.27. The van der Waals surface area contributed by atoms with Gasteiger partial charge in [-0.25, -0.2) is 0 Å². The molecule has 0 fully saturated rings. The molecule has 0 aliphatic heterocycles. The van der Waals surface area contributed by atoms with Crippen LogP contribution in [0.15, 0.2) is 45.3 Å². The number of methoxy groups -OCH3 is 1. The lowest BCUT2D eigenvalue weighted by atomic mass is 10.1. The van der Waals surface area contributed by atoms with Gasteiger partial charge in [0.05, 0.1) is 28.9 Å². The molecule has 0 spiro atoms. The van der Waals surface area contributed by atoms with Crippen LogP contribution < -0.4 is 10.1 Å². The number of anilines is 1. The van der Waals surface area contributed by atoms with Gasteiger partial charge < -0.3 is 10.1 Å². The molecule has 5 heteroatoms. The molecule has 0 bridgehead atoms. The fraction of sp³-hybridized carbons (Fsp3) is 0.188. The minimum atomic E-state index is 0.111. The Balaban J connectivity index is 2.22. The molecule has 108 valence electrons. The molecule has 0 aromatic heterocycles. The summed E-state index contributed by atoms with van der Waals surface area (Å²) in [6.07, 6.45) is 0. The van der Waals surface area contributed by atoms with Crippen molar-refractivity contribution >= 4 is 37.5 Å². The van der Waals surface area contributed by atoms with Crippen molar-refractivity contribution in [3.8, 4) is 11.8 Å². The summed E-state index contributed by atoms with van der Waals surface area (Å²) >= 11 is 7.00. The van der Waals surface area contributed by atoms with Crippen molar-refractivity contribution in [2.75, 3.05) is 12.4 Å². The topological polar surface area (TPSA) is 45.0 Å². The van der Waals surface area contributed by atoms with Gasteiger partial charge in [-0.15, -0.1) is 0 Å². The van der Waals surface area contributed by atoms with E-state index in [0.717, 1.165) is 25.9 Å². The second-order valence-electron chi connectivity index (χ2n) is 4.57. The molecule has 0 radical (unpaired) electrons. The Bertz CT molecular complexity index is 678. The van der Waals surface area contributed by atoms with Crippen molar-refractivity contribution in [1.82, 2.24) is 0 Å². The molecule has 0 aliphatic carbocycles. The highest BCUT2D eigenvalue weighted by molar-refractivity contribution is 9.11. The summed E-state index contributed by atoms with van der Waals surface area (Å²) in [6.45, 7) is 2.07. The quantitative estimate of drug-likeness (QED) is 0.748. The second-order valence-corrected chi connectivity index (χ2v) is 6.28. The smallest absolute Gasteiger partial charge is 0.135 e. The Labute approximate surface area is 141 Å². The molecule has 21 heavy (non-hydrogen) atoms. The van der Waals surface area contributed by atoms with Crippen LogP contribution in [0, 0.1) is 11.3 Å². The van der Waals surface area contributed by atoms with Crippen LogP contribution in [0.5, 0.6) is 5.75 Å². The van der Waals surface area contributed by atoms with Gasteiger partial charge in [-0.3, -0.25) is 0 Å². The van der Waals surface area contributed by atoms with Crippen molar-refractivity contribution in [2.45, 2.75) is 13.0 Å². The van der Waals surface area contributed by atoms with E-state index >= 15 is 0 Å². The maximum Gasteiger partial charge on any atom is 0.135 e. The molecule has 3 nitrogen and oxygen atoms in total. The number of benzene rings is 2. The van der Waals surface area contributed by atoms with Crippen molar-refractivity contribution in [3.05, 3.63) is 56.5 Å². The number of nitrogens with zero attached hydrogens (tertiary/aromatic N) is 1. The fourth-order valence-corrected chi connectivity index (χ4v) is 3.23. The average Bonchev–Trinajstić information content (AvgIpc) is 2.50. The molecular formula is C16H14Br2N2O. The molecule has 0 saturated heterocycles. The number of rotatable bonds is 4. The first-order valence-corrected chi connectivity index (χ1v) is 7.93. The lowest BCUT2D eigenvalue weighted by molar-refractivity contribution is 0.412. The minimum Gasteiger partial charge on any atom is -0.495 e. The van der Waals surface area contributed by atoms with E-state index in [1.165, 1.54) is 0 Å². The first-order chi connectivity index (χ1) is 10.0. The number of nitrogens with one attached hydrogen (secondary N) is 1. The normalized spacial score (nSPS) is 11.6. The first-order valence-electron chi connectivity index (χ1n) is 6.34. The lowest BCUT2D eigenvalue weighted by Crippen LogP contribution is -2.07. The molecule has 2 rings (SSSR count). The van der Waals surface area contributed by atoms with E-state index in [-0.39, 0.29) is 6.04 Å². The molecule has 1 N–H and O–H groups in total. The highest BCUT2D eigenvalue weighted by Gasteiger charge is 2.11. The third-order valence-corrected chi connectivity index (χ3v) is 4.43. The Morgan fingerprint density at radius 2 is 1.81 bits per heavy atom. The number of nitriles is 1. The van der Waals surface area contributed by atoms with Crippen LogP contribution >= 0.6 is 31.9 Å². The SMILES string of the molecule is COc1cc(NC(C)c2ccc(C#N)cc2)c(Br)cc1Br. The van der Waals surface area contributed by atoms with Gasteiger partial charge in [0.2, 0.25) is 0 Å². The van der Waals surface area contributed by atoms with E-state index in [0.29, 0.717) is 5.56 Å². The second kappa shape index (κ2) is 6.97. The molecule has 2 aromatic rings. The predicted molar refractivity (Wildman–Crippen MR) is 91.6 cm³/mol. The van der Waals surface area contributed by atoms with Crippen LogP contribution in [-0.2, 0) is 0 Å². The number of ether oxygens (including phenoxy) is 1. The Hall–Kier alpha value is -1.51. The molecule has 0 heterocycles. The summed E-state index contributed by atoms with van der Waals surface area (Å²) in [7, 11) is 1.64. The van der Waals surface area contributed by atoms with Gasteiger partial charge in [-0.2, -0.15) is 5.26 Å². The van der Waals surface area contributed by atoms with Gasteiger partial charge in [0.25, 0.3) is 0 Å². The zero-order valence-electron chi connectivity index (χ0n) is 11.7. The lowest BCUT2D eigenvalue weighted by Gasteiger charge is -2.18. The van der Waals surface area contributed by atoms with Crippen LogP contribution in [0.2, 0.25) is 0 Å². The molecule has 0 aliphatic rings. The summed E-state index contributed by atoms with van der Waals surface area (Å²) < 4.78 is 7.17. The standard InChI is InChI=1S/C16H14Br2N2O/c1-10(12-5-3-11(9-19)4-6-12)20-15-8-16(21-2)14(18)7-13(15)17/h3-8,10,20H,1-2H3. The maximum absolute atomic E-state index is 8.83. The van der Waals surface area contributed by atoms with E-state index in [1.807, 2.05) is 36.4 Å². The highest BCUT2D eigenvalue weighted by atomic mass is 79.9. The third kappa shape index (κ3) is 3.78. The minimum absolute atomic E-state index is 0.111. The number of halogens is 2. The molecule has 1 unspecified atom stereocenters. The van der Waals surface area contributed by atoms with Crippen molar-refractivity contribution in [3.63, 3.8) is 0 Å². The van der Waals surface area contributed by atoms with E-state index in [1.54, 1.807) is 7.11 Å². The summed E-state index contributed by atoms with van der Waals surface area (Å²) in [5.74, 6) is 0.771. The van der Waals surface area contributed by atoms with Crippen molar-refractivity contribution in [2.24, 2.45) is 0 Å². The fourth-order valence-electron chi connectivity index (χ4n) is 1.96. The number of hydrogen-bond acceptors (Lipinski definition) is 3. The monoisotopic (exact) mass is 408 g/mol. The van der Waals surface area contributed by atoms with Crippen LogP contribution in [0.4, 0.5) is 5.69 Å². The summed E-state index contributed by atoms with van der Waals surface area (Å²) in [6, 6.07) is 13.7. The van der Waals surface area contributed by atoms with Gasteiger partial charge in [0.1, 0.15) is 5.75 Å². The van der Waals surface area contributed by atoms with Crippen molar-refractivity contribution in [1.29, 1.82) is 5.26 Å². The van der Waals surface area contributed by atoms with Gasteiger partial charge in [-0.1, -0.05) is 12.1 Å². The van der Waals surface area contributed by atoms with E-state index in [9.17, 15) is 0 Å². The summed E-state index contributed by atoms with van der Waals surface area (Å²) in [4.78, 5) is 0. The Morgan fingerprint density at radius 3 is 2.38 bits per heavy atom. The molecule has 0 amide bonds. The van der Waals surface area contributed by atoms with Crippen LogP contribution in [0.1, 0.15) is 24.1 Å². The van der Waals surface area contributed by atoms with E-state index in [4.69, 9.17) is 10.00 Å². The number of hydrogen-bond donors (Lipinski definition) is 1. The summed E-state index contributed by atoms with van der Waals surface area (Å²) in [5.41, 5.74) is 2.73. The van der Waals surface area contributed by atoms with E-state index in [2.05, 4.69) is 50.2 Å². The summed E-state index contributed by atoms with van der Waals surface area (Å²) in [5, 5.41) is 12.3. The molecular weight excluding hydrogens is 396 g/mol. The van der Waals surface area contributed by atoms with Crippen LogP contribution in [-0.4, -0.2) is 7.11 Å². The molecule has 2 aromatic carbocycles. The average molecular weight is 410 g/mol. The van der Waals surface area contributed by atoms with Crippen molar-refractivity contribution < 1.29 is 4.74 Å². The van der Waals surface area contributed by atoms with Crippen LogP contribution in [0.3, 0.4) is 0 Å². The van der Waals surface area contributed by atoms with E-state index < -0.39 is 0 Å². The zero-order valence-corrected chi connectivity index (χ0v) is 14.8. The molecule has 0 saturated carbocycles. The maximum atomic E-state index is 8.83. The Morgan fingerprint density at radius 1 is 1.14 bits per heavy atom. The highest BCUT2D eigenvalue weighted by Crippen LogP contribution is 2.36. The van der Waals surface area contributed by atoms with Gasteiger partial charge >= 0.3 is 0 Å². The van der Waals surface area contributed by atoms with Gasteiger partial charge in [-0.05, 0) is 62.5 Å². The first kappa shape index (κ1) is 15.9. The van der Waals surface area contributed by atoms with Gasteiger partial charge in [0, 0.05) is 16.6 Å². The predicted octanol–water partition coefficient (Wildman–Crippen LogP) is 5.26. The third-order valence-electron chi connectivity index (χ3n) is 3.15.